The molecule has 0 aliphatic carbocycles. The van der Waals surface area contributed by atoms with E-state index in [1.165, 1.54) is 40.1 Å². The lowest BCUT2D eigenvalue weighted by molar-refractivity contribution is -0.134. The number of aliphatic hydroxyl groups excluding tert-OH is 1. The highest BCUT2D eigenvalue weighted by Crippen LogP contribution is 2.53. The van der Waals surface area contributed by atoms with Gasteiger partial charge in [-0.1, -0.05) is 12.1 Å². The quantitative estimate of drug-likeness (QED) is 0.204. The molecule has 2 aromatic rings. The molecule has 232 valence electrons. The van der Waals surface area contributed by atoms with Crippen LogP contribution in [0.2, 0.25) is 0 Å². The van der Waals surface area contributed by atoms with E-state index in [4.69, 9.17) is 9.84 Å². The first-order chi connectivity index (χ1) is 20.3. The fourth-order valence-electron chi connectivity index (χ4n) is 4.70. The van der Waals surface area contributed by atoms with Crippen molar-refractivity contribution in [3.8, 4) is 0 Å². The van der Waals surface area contributed by atoms with Crippen molar-refractivity contribution in [3.63, 3.8) is 0 Å². The maximum Gasteiger partial charge on any atom is 0.522 e. The van der Waals surface area contributed by atoms with Crippen LogP contribution in [0.3, 0.4) is 0 Å². The molecule has 0 spiro atoms. The van der Waals surface area contributed by atoms with Gasteiger partial charge in [0, 0.05) is 38.3 Å². The van der Waals surface area contributed by atoms with Gasteiger partial charge >= 0.3 is 27.7 Å². The van der Waals surface area contributed by atoms with Gasteiger partial charge in [-0.3, -0.25) is 14.3 Å². The average molecular weight is 642 g/mol. The highest BCUT2D eigenvalue weighted by molar-refractivity contribution is 7.65. The van der Waals surface area contributed by atoms with E-state index in [0.717, 1.165) is 0 Å². The Morgan fingerprint density at radius 2 is 1.79 bits per heavy atom. The number of benzene rings is 2. The number of urea groups is 1. The van der Waals surface area contributed by atoms with Crippen LogP contribution in [-0.4, -0.2) is 100 Å². The first kappa shape index (κ1) is 32.3. The zero-order valence-electron chi connectivity index (χ0n) is 22.7. The molecule has 2 fully saturated rings. The minimum Gasteiger partial charge on any atom is -0.442 e. The number of piperazine rings is 1. The van der Waals surface area contributed by atoms with Crippen molar-refractivity contribution in [1.29, 1.82) is 0 Å². The third kappa shape index (κ3) is 8.25. The molecule has 18 heteroatoms. The Morgan fingerprint density at radius 3 is 2.37 bits per heavy atom. The largest absolute Gasteiger partial charge is 0.522 e. The normalized spacial score (nSPS) is 18.3. The van der Waals surface area contributed by atoms with Crippen LogP contribution in [0.25, 0.3) is 0 Å². The number of hydrogen-bond donors (Lipinski definition) is 6. The lowest BCUT2D eigenvalue weighted by atomic mass is 10.1. The summed E-state index contributed by atoms with van der Waals surface area (Å²) in [6.45, 7) is 0.906. The number of amides is 4. The number of carbonyl (C=O) groups excluding carboxylic acids is 3. The summed E-state index contributed by atoms with van der Waals surface area (Å²) < 4.78 is 43.1. The predicted molar refractivity (Wildman–Crippen MR) is 153 cm³/mol. The molecule has 2 aliphatic heterocycles. The zero-order valence-corrected chi connectivity index (χ0v) is 24.5. The fourth-order valence-corrected chi connectivity index (χ4v) is 6.54. The first-order valence-electron chi connectivity index (χ1n) is 13.1. The molecule has 0 saturated carbocycles. The van der Waals surface area contributed by atoms with Crippen molar-refractivity contribution < 1.29 is 52.4 Å². The van der Waals surface area contributed by atoms with E-state index in [2.05, 4.69) is 10.6 Å². The Balaban J connectivity index is 1.26. The van der Waals surface area contributed by atoms with Gasteiger partial charge in [-0.15, -0.1) is 0 Å². The molecule has 2 unspecified atom stereocenters. The van der Waals surface area contributed by atoms with Crippen LogP contribution < -0.4 is 20.4 Å². The summed E-state index contributed by atoms with van der Waals surface area (Å²) in [5, 5.41) is 12.4. The topological polar surface area (TPSA) is 209 Å². The molecule has 3 atom stereocenters. The lowest BCUT2D eigenvalue weighted by Crippen LogP contribution is -2.49. The summed E-state index contributed by atoms with van der Waals surface area (Å²) in [5.74, 6) is -0.933. The number of anilines is 3. The minimum atomic E-state index is -4.79. The molecule has 4 rings (SSSR count). The summed E-state index contributed by atoms with van der Waals surface area (Å²) in [5.41, 5.74) is 1.32. The second-order valence-electron chi connectivity index (χ2n) is 9.89. The van der Waals surface area contributed by atoms with Gasteiger partial charge in [-0.2, -0.15) is 4.89 Å². The molecule has 4 amide bonds. The minimum absolute atomic E-state index is 0.0446. The molecular weight excluding hydrogens is 611 g/mol. The van der Waals surface area contributed by atoms with Crippen LogP contribution in [0.5, 0.6) is 0 Å². The molecule has 2 aliphatic rings. The van der Waals surface area contributed by atoms with E-state index >= 15 is 4.39 Å². The van der Waals surface area contributed by atoms with Gasteiger partial charge in [-0.25, -0.2) is 14.0 Å². The Hall–Kier alpha value is -3.65. The summed E-state index contributed by atoms with van der Waals surface area (Å²) in [6, 6.07) is 9.55. The van der Waals surface area contributed by atoms with Crippen molar-refractivity contribution >= 4 is 50.7 Å². The third-order valence-corrected chi connectivity index (χ3v) is 10.1. The van der Waals surface area contributed by atoms with Crippen LogP contribution in [0, 0.1) is 5.82 Å². The SMILES string of the molecule is O=C(NC[C@H]1CN(c2ccc(N3CCN(C(=O)CO)CC3)c(F)c2)C(=O)O1)Nc1ccc(CC([P+](=O)O)P(=O)(O)O)cc1. The Kier molecular flexibility index (Phi) is 10.3. The predicted octanol–water partition coefficient (Wildman–Crippen LogP) is 1.39. The van der Waals surface area contributed by atoms with Crippen LogP contribution in [0.4, 0.5) is 31.0 Å². The Bertz CT molecular complexity index is 1420. The van der Waals surface area contributed by atoms with E-state index in [1.807, 2.05) is 0 Å². The molecule has 6 N–H and O–H groups in total. The maximum absolute atomic E-state index is 15.0. The van der Waals surface area contributed by atoms with Gasteiger partial charge in [-0.05, 0) is 40.5 Å². The standard InChI is InChI=1S/C25H30FN5O10P2/c26-20-12-18(5-6-21(20)29-7-9-30(10-8-29)22(33)15-32)31-14-19(41-25(31)35)13-27-24(34)28-17-3-1-16(2-4-17)11-23(42(36)37)43(38,39)40/h1-6,12,19,23,32H,7-11,13-15H2,(H4-,27,28,34,36,37,38,39,40)/p+1/t19-,23?/m0/s1. The summed E-state index contributed by atoms with van der Waals surface area (Å²) in [7, 11) is -7.90. The summed E-state index contributed by atoms with van der Waals surface area (Å²) >= 11 is 0. The van der Waals surface area contributed by atoms with Crippen molar-refractivity contribution in [3.05, 3.63) is 53.8 Å². The fraction of sp³-hybridized carbons (Fsp3) is 0.400. The van der Waals surface area contributed by atoms with Crippen LogP contribution in [-0.2, 0) is 25.1 Å². The van der Waals surface area contributed by atoms with Crippen molar-refractivity contribution in [2.24, 2.45) is 0 Å². The molecular formula is C25H31FN5O10P2+. The van der Waals surface area contributed by atoms with Gasteiger partial charge in [0.25, 0.3) is 5.40 Å². The number of nitrogens with one attached hydrogen (secondary N) is 2. The second-order valence-corrected chi connectivity index (χ2v) is 13.3. The number of aliphatic hydroxyl groups is 1. The highest BCUT2D eigenvalue weighted by Gasteiger charge is 2.45. The zero-order chi connectivity index (χ0) is 31.3. The van der Waals surface area contributed by atoms with Crippen LogP contribution in [0.1, 0.15) is 5.56 Å². The second kappa shape index (κ2) is 13.8. The van der Waals surface area contributed by atoms with Gasteiger partial charge in [0.05, 0.1) is 24.5 Å². The number of nitrogens with zero attached hydrogens (tertiary/aromatic N) is 3. The summed E-state index contributed by atoms with van der Waals surface area (Å²) in [6.07, 6.45) is -1.75. The molecule has 2 saturated heterocycles. The number of halogens is 1. The molecule has 15 nitrogen and oxygen atoms in total. The Labute approximate surface area is 246 Å². The highest BCUT2D eigenvalue weighted by atomic mass is 31.2. The monoisotopic (exact) mass is 642 g/mol. The number of cyclic esters (lactones) is 1. The number of carbonyl (C=O) groups is 3. The molecule has 2 heterocycles. The number of hydrogen-bond acceptors (Lipinski definition) is 8. The summed E-state index contributed by atoms with van der Waals surface area (Å²) in [4.78, 5) is 68.7. The lowest BCUT2D eigenvalue weighted by Gasteiger charge is -2.36. The van der Waals surface area contributed by atoms with Gasteiger partial charge in [0.15, 0.2) is 0 Å². The Morgan fingerprint density at radius 1 is 1.12 bits per heavy atom. The number of ether oxygens (including phenoxy) is 1. The molecule has 43 heavy (non-hydrogen) atoms. The number of rotatable bonds is 10. The van der Waals surface area contributed by atoms with Gasteiger partial charge in [0.1, 0.15) is 18.5 Å². The maximum atomic E-state index is 15.0. The van der Waals surface area contributed by atoms with Crippen molar-refractivity contribution in [2.45, 2.75) is 17.9 Å². The van der Waals surface area contributed by atoms with Gasteiger partial charge in [0.2, 0.25) is 5.91 Å². The smallest absolute Gasteiger partial charge is 0.442 e. The van der Waals surface area contributed by atoms with E-state index in [1.54, 1.807) is 17.0 Å². The van der Waals surface area contributed by atoms with E-state index in [-0.39, 0.29) is 31.1 Å². The first-order valence-corrected chi connectivity index (χ1v) is 16.1. The van der Waals surface area contributed by atoms with Crippen molar-refractivity contribution in [2.75, 3.05) is 61.0 Å². The van der Waals surface area contributed by atoms with Crippen LogP contribution >= 0.6 is 15.6 Å². The van der Waals surface area contributed by atoms with E-state index in [0.29, 0.717) is 43.1 Å². The molecule has 2 aromatic carbocycles. The molecule has 0 bridgehead atoms. The van der Waals surface area contributed by atoms with E-state index in [9.17, 15) is 38.2 Å². The third-order valence-electron chi connectivity index (χ3n) is 6.99. The van der Waals surface area contributed by atoms with E-state index < -0.39 is 51.7 Å². The average Bonchev–Trinajstić information content (AvgIpc) is 3.34. The van der Waals surface area contributed by atoms with Crippen molar-refractivity contribution in [1.82, 2.24) is 10.2 Å². The van der Waals surface area contributed by atoms with Gasteiger partial charge < -0.3 is 40.1 Å². The van der Waals surface area contributed by atoms with Crippen LogP contribution in [0.15, 0.2) is 42.5 Å². The molecule has 0 aromatic heterocycles. The molecule has 0 radical (unpaired) electrons.